The summed E-state index contributed by atoms with van der Waals surface area (Å²) in [6, 6.07) is 16.2. The minimum absolute atomic E-state index is 0.173. The molecular weight excluding hydrogens is 356 g/mol. The normalized spacial score (nSPS) is 19.6. The smallest absolute Gasteiger partial charge is 0.253 e. The summed E-state index contributed by atoms with van der Waals surface area (Å²) in [5.41, 5.74) is 1.62. The molecule has 6 heteroatoms. The third-order valence-corrected chi connectivity index (χ3v) is 4.89. The molecule has 2 aromatic carbocycles. The number of imide groups is 2. The van der Waals surface area contributed by atoms with Crippen LogP contribution in [-0.2, 0) is 32.0 Å². The molecule has 4 amide bonds. The van der Waals surface area contributed by atoms with Gasteiger partial charge in [0.05, 0.1) is 0 Å². The minimum Gasteiger partial charge on any atom is -0.275 e. The molecule has 3 rings (SSSR count). The van der Waals surface area contributed by atoms with Gasteiger partial charge in [-0.1, -0.05) is 60.7 Å². The number of nitrogens with zero attached hydrogens (tertiary/aromatic N) is 2. The van der Waals surface area contributed by atoms with Gasteiger partial charge in [0.25, 0.3) is 11.8 Å². The lowest BCUT2D eigenvalue weighted by molar-refractivity contribution is -0.171. The molecule has 6 nitrogen and oxygen atoms in total. The lowest BCUT2D eigenvalue weighted by atomic mass is 9.94. The van der Waals surface area contributed by atoms with Crippen LogP contribution in [0.4, 0.5) is 0 Å². The number of piperazine rings is 1. The maximum absolute atomic E-state index is 13.2. The first-order valence-electron chi connectivity index (χ1n) is 9.15. The van der Waals surface area contributed by atoms with Crippen LogP contribution in [0.5, 0.6) is 0 Å². The average molecular weight is 378 g/mol. The molecule has 1 aliphatic rings. The molecule has 0 saturated carbocycles. The Bertz CT molecular complexity index is 820. The number of carbonyl (C=O) groups excluding carboxylic acids is 4. The Morgan fingerprint density at radius 1 is 0.679 bits per heavy atom. The van der Waals surface area contributed by atoms with E-state index in [1.54, 1.807) is 0 Å². The molecular formula is C22H22N2O4. The van der Waals surface area contributed by atoms with Crippen LogP contribution in [-0.4, -0.2) is 45.5 Å². The fraction of sp³-hybridized carbons (Fsp3) is 0.273. The summed E-state index contributed by atoms with van der Waals surface area (Å²) in [5, 5.41) is 0. The van der Waals surface area contributed by atoms with Crippen LogP contribution in [0.2, 0.25) is 0 Å². The van der Waals surface area contributed by atoms with Crippen molar-refractivity contribution in [2.24, 2.45) is 0 Å². The predicted octanol–water partition coefficient (Wildman–Crippen LogP) is 1.97. The Hall–Kier alpha value is -3.28. The van der Waals surface area contributed by atoms with Gasteiger partial charge in [-0.15, -0.1) is 0 Å². The van der Waals surface area contributed by atoms with E-state index in [-0.39, 0.29) is 12.8 Å². The van der Waals surface area contributed by atoms with Crippen LogP contribution < -0.4 is 0 Å². The highest BCUT2D eigenvalue weighted by Crippen LogP contribution is 2.24. The second-order valence-electron chi connectivity index (χ2n) is 6.87. The zero-order valence-electron chi connectivity index (χ0n) is 15.9. The Labute approximate surface area is 163 Å². The number of hydrogen-bond acceptors (Lipinski definition) is 4. The SMILES string of the molecule is CC(=O)N1C(=O)[C@H](Cc2ccccc2)N(C(C)=O)C(=O)[C@@H]1Cc1ccccc1. The second kappa shape index (κ2) is 8.17. The number of carbonyl (C=O) groups is 4. The summed E-state index contributed by atoms with van der Waals surface area (Å²) in [4.78, 5) is 53.0. The van der Waals surface area contributed by atoms with Gasteiger partial charge in [-0.2, -0.15) is 0 Å². The maximum atomic E-state index is 13.2. The Morgan fingerprint density at radius 3 is 1.29 bits per heavy atom. The lowest BCUT2D eigenvalue weighted by Crippen LogP contribution is -2.67. The minimum atomic E-state index is -1.02. The van der Waals surface area contributed by atoms with Gasteiger partial charge in [-0.3, -0.25) is 29.0 Å². The van der Waals surface area contributed by atoms with Crippen molar-refractivity contribution in [2.45, 2.75) is 38.8 Å². The van der Waals surface area contributed by atoms with E-state index in [0.717, 1.165) is 20.9 Å². The largest absolute Gasteiger partial charge is 0.275 e. The molecule has 1 saturated heterocycles. The zero-order chi connectivity index (χ0) is 20.3. The molecule has 0 radical (unpaired) electrons. The first-order chi connectivity index (χ1) is 13.4. The van der Waals surface area contributed by atoms with Crippen LogP contribution in [0.1, 0.15) is 25.0 Å². The van der Waals surface area contributed by atoms with E-state index in [0.29, 0.717) is 0 Å². The monoisotopic (exact) mass is 378 g/mol. The van der Waals surface area contributed by atoms with Crippen molar-refractivity contribution in [3.05, 3.63) is 71.8 Å². The molecule has 1 fully saturated rings. The number of rotatable bonds is 4. The average Bonchev–Trinajstić information content (AvgIpc) is 2.67. The van der Waals surface area contributed by atoms with E-state index in [1.165, 1.54) is 13.8 Å². The van der Waals surface area contributed by atoms with Crippen molar-refractivity contribution < 1.29 is 19.2 Å². The van der Waals surface area contributed by atoms with Crippen molar-refractivity contribution in [2.75, 3.05) is 0 Å². The summed E-state index contributed by atoms with van der Waals surface area (Å²) in [6.07, 6.45) is 0.347. The van der Waals surface area contributed by atoms with Crippen molar-refractivity contribution >= 4 is 23.6 Å². The van der Waals surface area contributed by atoms with E-state index < -0.39 is 35.7 Å². The third kappa shape index (κ3) is 3.86. The highest BCUT2D eigenvalue weighted by Gasteiger charge is 2.49. The number of amides is 4. The third-order valence-electron chi connectivity index (χ3n) is 4.89. The van der Waals surface area contributed by atoms with Crippen molar-refractivity contribution in [3.63, 3.8) is 0 Å². The summed E-state index contributed by atoms with van der Waals surface area (Å²) in [6.45, 7) is 2.54. The summed E-state index contributed by atoms with van der Waals surface area (Å²) in [5.74, 6) is -2.04. The van der Waals surface area contributed by atoms with Gasteiger partial charge in [-0.25, -0.2) is 0 Å². The fourth-order valence-electron chi connectivity index (χ4n) is 3.63. The van der Waals surface area contributed by atoms with E-state index in [1.807, 2.05) is 60.7 Å². The second-order valence-corrected chi connectivity index (χ2v) is 6.87. The molecule has 0 N–H and O–H groups in total. The Morgan fingerprint density at radius 2 is 1.00 bits per heavy atom. The molecule has 0 aromatic heterocycles. The molecule has 2 aromatic rings. The van der Waals surface area contributed by atoms with E-state index >= 15 is 0 Å². The molecule has 144 valence electrons. The fourth-order valence-corrected chi connectivity index (χ4v) is 3.63. The first-order valence-corrected chi connectivity index (χ1v) is 9.15. The van der Waals surface area contributed by atoms with E-state index in [4.69, 9.17) is 0 Å². The Kier molecular flexibility index (Phi) is 5.68. The molecule has 0 bridgehead atoms. The number of benzene rings is 2. The van der Waals surface area contributed by atoms with Gasteiger partial charge < -0.3 is 0 Å². The molecule has 0 unspecified atom stereocenters. The molecule has 0 spiro atoms. The summed E-state index contributed by atoms with van der Waals surface area (Å²) >= 11 is 0. The lowest BCUT2D eigenvalue weighted by Gasteiger charge is -2.42. The van der Waals surface area contributed by atoms with Crippen LogP contribution in [0.25, 0.3) is 0 Å². The van der Waals surface area contributed by atoms with Crippen LogP contribution in [0.3, 0.4) is 0 Å². The molecule has 1 heterocycles. The first kappa shape index (κ1) is 19.5. The van der Waals surface area contributed by atoms with Crippen molar-refractivity contribution in [1.29, 1.82) is 0 Å². The number of hydrogen-bond donors (Lipinski definition) is 0. The van der Waals surface area contributed by atoms with Gasteiger partial charge >= 0.3 is 0 Å². The van der Waals surface area contributed by atoms with Gasteiger partial charge in [0.2, 0.25) is 11.8 Å². The van der Waals surface area contributed by atoms with E-state index in [9.17, 15) is 19.2 Å². The van der Waals surface area contributed by atoms with Crippen molar-refractivity contribution in [1.82, 2.24) is 9.80 Å². The summed E-state index contributed by atoms with van der Waals surface area (Å²) < 4.78 is 0. The summed E-state index contributed by atoms with van der Waals surface area (Å²) in [7, 11) is 0. The molecule has 0 aliphatic carbocycles. The van der Waals surface area contributed by atoms with Crippen molar-refractivity contribution in [3.8, 4) is 0 Å². The van der Waals surface area contributed by atoms with Crippen LogP contribution in [0, 0.1) is 0 Å². The standard InChI is InChI=1S/C22H22N2O4/c1-15(25)23-19(13-17-9-5-3-6-10-17)22(28)24(16(2)26)20(21(23)27)14-18-11-7-4-8-12-18/h3-12,19-20H,13-14H2,1-2H3/t19-,20-/m0/s1. The Balaban J connectivity index is 1.98. The van der Waals surface area contributed by atoms with Gasteiger partial charge in [0, 0.05) is 26.7 Å². The maximum Gasteiger partial charge on any atom is 0.253 e. The molecule has 2 atom stereocenters. The highest BCUT2D eigenvalue weighted by atomic mass is 16.2. The zero-order valence-corrected chi connectivity index (χ0v) is 15.9. The molecule has 28 heavy (non-hydrogen) atoms. The van der Waals surface area contributed by atoms with Gasteiger partial charge in [0.1, 0.15) is 12.1 Å². The topological polar surface area (TPSA) is 74.8 Å². The van der Waals surface area contributed by atoms with Gasteiger partial charge in [-0.05, 0) is 11.1 Å². The van der Waals surface area contributed by atoms with Gasteiger partial charge in [0.15, 0.2) is 0 Å². The molecule has 1 aliphatic heterocycles. The highest BCUT2D eigenvalue weighted by molar-refractivity contribution is 6.11. The van der Waals surface area contributed by atoms with Crippen LogP contribution in [0.15, 0.2) is 60.7 Å². The predicted molar refractivity (Wildman–Crippen MR) is 103 cm³/mol. The quantitative estimate of drug-likeness (QED) is 0.815. The van der Waals surface area contributed by atoms with Crippen LogP contribution >= 0.6 is 0 Å². The van der Waals surface area contributed by atoms with E-state index in [2.05, 4.69) is 0 Å².